The van der Waals surface area contributed by atoms with E-state index in [4.69, 9.17) is 4.18 Å². The molecule has 140 valence electrons. The number of rotatable bonds is 6. The largest absolute Gasteiger partial charge is 0.614 e. The molecule has 0 saturated carbocycles. The summed E-state index contributed by atoms with van der Waals surface area (Å²) in [5.74, 6) is -1.62. The van der Waals surface area contributed by atoms with Gasteiger partial charge in [0.25, 0.3) is 5.91 Å². The van der Waals surface area contributed by atoms with E-state index in [9.17, 15) is 24.0 Å². The van der Waals surface area contributed by atoms with Crippen LogP contribution in [-0.4, -0.2) is 60.3 Å². The number of carbonyl (C=O) groups is 3. The molecule has 4 atom stereocenters. The predicted octanol–water partition coefficient (Wildman–Crippen LogP) is 0.361. The first kappa shape index (κ1) is 18.9. The molecule has 1 aromatic carbocycles. The molecule has 2 heterocycles. The SMILES string of the molecule is CC1(C)[C@H](C(=O)O)N2C(=O)[C@@H](NC(=O)CSOc3ccccc3)[C@H]2[S+]1[O-]. The second-order valence-electron chi connectivity index (χ2n) is 6.48. The van der Waals surface area contributed by atoms with E-state index < -0.39 is 51.2 Å². The number of aliphatic carboxylic acids is 1. The first-order valence-corrected chi connectivity index (χ1v) is 9.97. The van der Waals surface area contributed by atoms with Crippen molar-refractivity contribution in [2.45, 2.75) is 36.1 Å². The Morgan fingerprint density at radius 3 is 2.65 bits per heavy atom. The number of para-hydroxylation sites is 1. The van der Waals surface area contributed by atoms with Gasteiger partial charge in [-0.2, -0.15) is 0 Å². The Morgan fingerprint density at radius 2 is 2.04 bits per heavy atom. The van der Waals surface area contributed by atoms with Gasteiger partial charge in [-0.15, -0.1) is 0 Å². The fourth-order valence-electron chi connectivity index (χ4n) is 3.14. The van der Waals surface area contributed by atoms with E-state index >= 15 is 0 Å². The summed E-state index contributed by atoms with van der Waals surface area (Å²) < 4.78 is 16.9. The normalized spacial score (nSPS) is 28.9. The van der Waals surface area contributed by atoms with Gasteiger partial charge < -0.3 is 19.2 Å². The van der Waals surface area contributed by atoms with Gasteiger partial charge in [0.05, 0.1) is 12.0 Å². The maximum absolute atomic E-state index is 12.6. The number of hydrogen-bond donors (Lipinski definition) is 2. The van der Waals surface area contributed by atoms with Crippen molar-refractivity contribution < 1.29 is 28.2 Å². The van der Waals surface area contributed by atoms with Gasteiger partial charge in [0, 0.05) is 0 Å². The Kier molecular flexibility index (Phi) is 5.09. The van der Waals surface area contributed by atoms with Gasteiger partial charge in [-0.05, 0) is 37.2 Å². The van der Waals surface area contributed by atoms with Crippen molar-refractivity contribution in [1.29, 1.82) is 0 Å². The molecule has 0 bridgehead atoms. The molecule has 2 fully saturated rings. The summed E-state index contributed by atoms with van der Waals surface area (Å²) >= 11 is -0.686. The lowest BCUT2D eigenvalue weighted by Gasteiger charge is -2.41. The molecule has 2 N–H and O–H groups in total. The van der Waals surface area contributed by atoms with E-state index in [0.717, 1.165) is 16.9 Å². The van der Waals surface area contributed by atoms with Gasteiger partial charge in [0.2, 0.25) is 11.3 Å². The Hall–Kier alpha value is -1.91. The van der Waals surface area contributed by atoms with E-state index in [1.807, 2.05) is 6.07 Å². The minimum absolute atomic E-state index is 0.0518. The molecular formula is C16H18N2O6S2. The first-order chi connectivity index (χ1) is 12.2. The summed E-state index contributed by atoms with van der Waals surface area (Å²) in [7, 11) is 0. The van der Waals surface area contributed by atoms with Crippen LogP contribution in [0.25, 0.3) is 0 Å². The zero-order chi connectivity index (χ0) is 19.1. The number of fused-ring (bicyclic) bond motifs is 1. The molecule has 2 aliphatic rings. The zero-order valence-corrected chi connectivity index (χ0v) is 15.7. The van der Waals surface area contributed by atoms with E-state index in [1.54, 1.807) is 38.1 Å². The smallest absolute Gasteiger partial charge is 0.332 e. The van der Waals surface area contributed by atoms with Gasteiger partial charge in [0.1, 0.15) is 11.5 Å². The monoisotopic (exact) mass is 398 g/mol. The predicted molar refractivity (Wildman–Crippen MR) is 95.7 cm³/mol. The summed E-state index contributed by atoms with van der Waals surface area (Å²) in [4.78, 5) is 36.9. The highest BCUT2D eigenvalue weighted by Crippen LogP contribution is 2.45. The fraction of sp³-hybridized carbons (Fsp3) is 0.438. The van der Waals surface area contributed by atoms with Crippen molar-refractivity contribution in [2.75, 3.05) is 5.75 Å². The molecule has 0 radical (unpaired) electrons. The van der Waals surface area contributed by atoms with Crippen LogP contribution in [0, 0.1) is 0 Å². The fourth-order valence-corrected chi connectivity index (χ4v) is 5.55. The number of carboxylic acids is 1. The molecule has 8 nitrogen and oxygen atoms in total. The highest BCUT2D eigenvalue weighted by molar-refractivity contribution is 7.95. The second kappa shape index (κ2) is 7.01. The molecule has 0 aliphatic carbocycles. The summed E-state index contributed by atoms with van der Waals surface area (Å²) in [5, 5.41) is 11.1. The number of nitrogens with zero attached hydrogens (tertiary/aromatic N) is 1. The summed E-state index contributed by atoms with van der Waals surface area (Å²) in [6.45, 7) is 3.10. The molecular weight excluding hydrogens is 380 g/mol. The van der Waals surface area contributed by atoms with Crippen LogP contribution in [0.3, 0.4) is 0 Å². The molecule has 2 aliphatic heterocycles. The lowest BCUT2D eigenvalue weighted by atomic mass is 9.96. The number of β-lactam (4-membered cyclic amide) rings is 1. The lowest BCUT2D eigenvalue weighted by molar-refractivity contribution is -0.161. The number of nitrogens with one attached hydrogen (secondary N) is 1. The highest BCUT2D eigenvalue weighted by Gasteiger charge is 2.72. The summed E-state index contributed by atoms with van der Waals surface area (Å²) in [6, 6.07) is 6.80. The molecule has 26 heavy (non-hydrogen) atoms. The number of carbonyl (C=O) groups excluding carboxylic acids is 2. The molecule has 2 saturated heterocycles. The van der Waals surface area contributed by atoms with Crippen LogP contribution in [0.2, 0.25) is 0 Å². The minimum Gasteiger partial charge on any atom is -0.614 e. The van der Waals surface area contributed by atoms with Gasteiger partial charge in [-0.3, -0.25) is 14.5 Å². The average Bonchev–Trinajstić information content (AvgIpc) is 2.78. The molecule has 3 rings (SSSR count). The summed E-state index contributed by atoms with van der Waals surface area (Å²) in [6.07, 6.45) is 0. The molecule has 1 aromatic rings. The van der Waals surface area contributed by atoms with E-state index in [2.05, 4.69) is 5.32 Å². The van der Waals surface area contributed by atoms with Crippen molar-refractivity contribution in [1.82, 2.24) is 10.2 Å². The number of carboxylic acid groups (broad SMARTS) is 1. The Bertz CT molecular complexity index is 729. The number of amides is 2. The van der Waals surface area contributed by atoms with Crippen LogP contribution in [0.5, 0.6) is 5.75 Å². The number of benzene rings is 1. The lowest BCUT2D eigenvalue weighted by Crippen LogP contribution is -2.72. The first-order valence-electron chi connectivity index (χ1n) is 7.84. The third-order valence-electron chi connectivity index (χ3n) is 4.39. The minimum atomic E-state index is -1.60. The maximum Gasteiger partial charge on any atom is 0.332 e. The van der Waals surface area contributed by atoms with Crippen LogP contribution >= 0.6 is 12.0 Å². The maximum atomic E-state index is 12.6. The second-order valence-corrected chi connectivity index (χ2v) is 9.30. The van der Waals surface area contributed by atoms with Crippen LogP contribution < -0.4 is 9.50 Å². The van der Waals surface area contributed by atoms with Crippen molar-refractivity contribution in [3.05, 3.63) is 30.3 Å². The quantitative estimate of drug-likeness (QED) is 0.403. The van der Waals surface area contributed by atoms with Crippen molar-refractivity contribution in [3.63, 3.8) is 0 Å². The van der Waals surface area contributed by atoms with Gasteiger partial charge in [-0.25, -0.2) is 4.79 Å². The summed E-state index contributed by atoms with van der Waals surface area (Å²) in [5.41, 5.74) is 0. The molecule has 10 heteroatoms. The van der Waals surface area contributed by atoms with E-state index in [-0.39, 0.29) is 5.75 Å². The van der Waals surface area contributed by atoms with Crippen LogP contribution in [-0.2, 0) is 25.6 Å². The molecule has 1 unspecified atom stereocenters. The van der Waals surface area contributed by atoms with Gasteiger partial charge in [0.15, 0.2) is 16.8 Å². The van der Waals surface area contributed by atoms with Crippen LogP contribution in [0.15, 0.2) is 30.3 Å². The van der Waals surface area contributed by atoms with Crippen molar-refractivity contribution in [3.8, 4) is 5.75 Å². The third-order valence-corrected chi connectivity index (χ3v) is 7.28. The third kappa shape index (κ3) is 3.12. The topological polar surface area (TPSA) is 119 Å². The number of hydrogen-bond acceptors (Lipinski definition) is 6. The van der Waals surface area contributed by atoms with Crippen molar-refractivity contribution >= 4 is 41.0 Å². The zero-order valence-electron chi connectivity index (χ0n) is 14.1. The standard InChI is InChI=1S/C16H18N2O6S2/c1-16(2)12(15(21)22)18-13(20)11(14(18)26(16)23)17-10(19)8-25-24-9-6-4-3-5-7-9/h3-7,11-12,14H,8H2,1-2H3,(H,17,19)(H,21,22)/t11-,12+,14-,26?/m1/s1. The average molecular weight is 398 g/mol. The van der Waals surface area contributed by atoms with Crippen LogP contribution in [0.4, 0.5) is 0 Å². The molecule has 2 amide bonds. The van der Waals surface area contributed by atoms with Crippen molar-refractivity contribution in [2.24, 2.45) is 0 Å². The van der Waals surface area contributed by atoms with E-state index in [0.29, 0.717) is 5.75 Å². The van der Waals surface area contributed by atoms with Gasteiger partial charge >= 0.3 is 5.97 Å². The molecule has 0 aromatic heterocycles. The Morgan fingerprint density at radius 1 is 1.38 bits per heavy atom. The van der Waals surface area contributed by atoms with Crippen LogP contribution in [0.1, 0.15) is 13.8 Å². The Labute approximate surface area is 157 Å². The Balaban J connectivity index is 1.57. The van der Waals surface area contributed by atoms with Gasteiger partial charge in [-0.1, -0.05) is 18.2 Å². The molecule has 0 spiro atoms. The van der Waals surface area contributed by atoms with E-state index in [1.165, 1.54) is 0 Å². The highest BCUT2D eigenvalue weighted by atomic mass is 32.2.